The summed E-state index contributed by atoms with van der Waals surface area (Å²) in [6.45, 7) is 3.56. The van der Waals surface area contributed by atoms with E-state index in [1.807, 2.05) is 36.4 Å². The number of rotatable bonds is 0. The molecule has 0 aromatic heterocycles. The van der Waals surface area contributed by atoms with Crippen LogP contribution in [0.3, 0.4) is 0 Å². The number of hydrogen-bond acceptors (Lipinski definition) is 3. The van der Waals surface area contributed by atoms with Gasteiger partial charge >= 0.3 is 0 Å². The Kier molecular flexibility index (Phi) is 2.16. The molecule has 1 heterocycles. The molecule has 0 atom stereocenters. The normalized spacial score (nSPS) is 15.2. The van der Waals surface area contributed by atoms with Crippen LogP contribution in [0.15, 0.2) is 53.4 Å². The molecule has 1 aliphatic heterocycles. The van der Waals surface area contributed by atoms with Gasteiger partial charge in [0.1, 0.15) is 0 Å². The van der Waals surface area contributed by atoms with Crippen molar-refractivity contribution in [3.05, 3.63) is 54.1 Å². The van der Waals surface area contributed by atoms with Crippen molar-refractivity contribution in [3.8, 4) is 0 Å². The molecule has 0 spiro atoms. The number of hydrogen-bond donors (Lipinski definition) is 0. The largest absolute Gasteiger partial charge is 0.288 e. The van der Waals surface area contributed by atoms with Gasteiger partial charge in [0.25, 0.3) is 0 Å². The van der Waals surface area contributed by atoms with E-state index in [9.17, 15) is 9.59 Å². The summed E-state index contributed by atoms with van der Waals surface area (Å²) >= 11 is 1.08. The summed E-state index contributed by atoms with van der Waals surface area (Å²) < 4.78 is 0. The first-order valence-corrected chi connectivity index (χ1v) is 5.97. The summed E-state index contributed by atoms with van der Waals surface area (Å²) in [7, 11) is 0. The predicted octanol–water partition coefficient (Wildman–Crippen LogP) is 3.21. The first kappa shape index (κ1) is 10.3. The Labute approximate surface area is 102 Å². The van der Waals surface area contributed by atoms with E-state index >= 15 is 0 Å². The minimum absolute atomic E-state index is 0.0684. The minimum Gasteiger partial charge on any atom is -0.288 e. The van der Waals surface area contributed by atoms with Crippen LogP contribution in [0.2, 0.25) is 0 Å². The quantitative estimate of drug-likeness (QED) is 0.524. The van der Waals surface area contributed by atoms with Crippen molar-refractivity contribution in [1.29, 1.82) is 0 Å². The number of carbonyl (C=O) groups excluding carboxylic acids is 2. The SMILES string of the molecule is C=C1C(=O)Sc2ccc3ccccc3c2C1=O. The third kappa shape index (κ3) is 1.43. The number of carbonyl (C=O) groups is 2. The molecule has 2 nitrogen and oxygen atoms in total. The molecule has 3 rings (SSSR count). The summed E-state index contributed by atoms with van der Waals surface area (Å²) in [6.07, 6.45) is 0. The summed E-state index contributed by atoms with van der Waals surface area (Å²) in [5.74, 6) is -0.249. The lowest BCUT2D eigenvalue weighted by Gasteiger charge is -2.16. The molecule has 0 N–H and O–H groups in total. The zero-order chi connectivity index (χ0) is 12.0. The van der Waals surface area contributed by atoms with Crippen LogP contribution in [0.5, 0.6) is 0 Å². The second-order valence-corrected chi connectivity index (χ2v) is 4.87. The molecule has 0 radical (unpaired) electrons. The summed E-state index contributed by atoms with van der Waals surface area (Å²) in [4.78, 5) is 24.4. The summed E-state index contributed by atoms with van der Waals surface area (Å²) in [6, 6.07) is 11.4. The Bertz CT molecular complexity index is 686. The highest BCUT2D eigenvalue weighted by molar-refractivity contribution is 8.14. The molecule has 17 heavy (non-hydrogen) atoms. The monoisotopic (exact) mass is 240 g/mol. The van der Waals surface area contributed by atoms with Crippen molar-refractivity contribution in [3.63, 3.8) is 0 Å². The van der Waals surface area contributed by atoms with Crippen LogP contribution in [-0.4, -0.2) is 10.9 Å². The van der Waals surface area contributed by atoms with E-state index in [0.29, 0.717) is 5.56 Å². The summed E-state index contributed by atoms with van der Waals surface area (Å²) in [5.41, 5.74) is 0.677. The Hall–Kier alpha value is -1.87. The van der Waals surface area contributed by atoms with E-state index in [0.717, 1.165) is 27.4 Å². The van der Waals surface area contributed by atoms with Gasteiger partial charge < -0.3 is 0 Å². The third-order valence-electron chi connectivity index (χ3n) is 2.84. The van der Waals surface area contributed by atoms with Gasteiger partial charge in [-0.3, -0.25) is 9.59 Å². The fourth-order valence-electron chi connectivity index (χ4n) is 1.98. The Balaban J connectivity index is 2.40. The van der Waals surface area contributed by atoms with Crippen LogP contribution in [0.25, 0.3) is 10.8 Å². The topological polar surface area (TPSA) is 34.1 Å². The smallest absolute Gasteiger partial charge is 0.227 e. The van der Waals surface area contributed by atoms with E-state index in [4.69, 9.17) is 0 Å². The lowest BCUT2D eigenvalue weighted by molar-refractivity contribution is -0.107. The van der Waals surface area contributed by atoms with Gasteiger partial charge in [0.15, 0.2) is 5.78 Å². The van der Waals surface area contributed by atoms with Crippen molar-refractivity contribution < 1.29 is 9.59 Å². The van der Waals surface area contributed by atoms with Gasteiger partial charge in [-0.15, -0.1) is 0 Å². The highest BCUT2D eigenvalue weighted by Crippen LogP contribution is 2.37. The van der Waals surface area contributed by atoms with Crippen molar-refractivity contribution in [2.24, 2.45) is 0 Å². The van der Waals surface area contributed by atoms with E-state index in [2.05, 4.69) is 6.58 Å². The molecule has 82 valence electrons. The van der Waals surface area contributed by atoms with Crippen LogP contribution in [-0.2, 0) is 4.79 Å². The molecule has 2 aromatic carbocycles. The second kappa shape index (κ2) is 3.57. The van der Waals surface area contributed by atoms with Gasteiger partial charge in [0.2, 0.25) is 5.12 Å². The molecule has 0 amide bonds. The zero-order valence-electron chi connectivity index (χ0n) is 8.90. The molecular formula is C14H8O2S. The molecule has 0 saturated carbocycles. The van der Waals surface area contributed by atoms with E-state index in [-0.39, 0.29) is 16.5 Å². The third-order valence-corrected chi connectivity index (χ3v) is 3.83. The van der Waals surface area contributed by atoms with Crippen LogP contribution in [0, 0.1) is 0 Å². The lowest BCUT2D eigenvalue weighted by Crippen LogP contribution is -2.16. The molecule has 0 aliphatic carbocycles. The first-order chi connectivity index (χ1) is 8.18. The standard InChI is InChI=1S/C14H8O2S/c1-8-13(15)12-10-5-3-2-4-9(10)6-7-11(12)17-14(8)16/h2-7H,1H2. The first-order valence-electron chi connectivity index (χ1n) is 5.16. The Morgan fingerprint density at radius 3 is 2.59 bits per heavy atom. The highest BCUT2D eigenvalue weighted by atomic mass is 32.2. The molecule has 0 unspecified atom stereocenters. The van der Waals surface area contributed by atoms with Crippen molar-refractivity contribution in [2.45, 2.75) is 4.90 Å². The average molecular weight is 240 g/mol. The van der Waals surface area contributed by atoms with E-state index in [1.165, 1.54) is 0 Å². The van der Waals surface area contributed by atoms with E-state index in [1.54, 1.807) is 0 Å². The van der Waals surface area contributed by atoms with Gasteiger partial charge in [-0.25, -0.2) is 0 Å². The zero-order valence-corrected chi connectivity index (χ0v) is 9.71. The fourth-order valence-corrected chi connectivity index (χ4v) is 2.83. The molecule has 0 fully saturated rings. The van der Waals surface area contributed by atoms with Gasteiger partial charge in [0, 0.05) is 10.5 Å². The Morgan fingerprint density at radius 2 is 1.76 bits per heavy atom. The molecule has 2 aromatic rings. The maximum absolute atomic E-state index is 12.1. The van der Waals surface area contributed by atoms with Crippen LogP contribution >= 0.6 is 11.8 Å². The lowest BCUT2D eigenvalue weighted by atomic mass is 9.98. The number of ketones is 1. The van der Waals surface area contributed by atoms with Gasteiger partial charge in [-0.05, 0) is 28.6 Å². The van der Waals surface area contributed by atoms with Gasteiger partial charge in [0.05, 0.1) is 5.57 Å². The molecular weight excluding hydrogens is 232 g/mol. The number of thioether (sulfide) groups is 1. The fraction of sp³-hybridized carbons (Fsp3) is 0. The molecule has 1 aliphatic rings. The highest BCUT2D eigenvalue weighted by Gasteiger charge is 2.29. The average Bonchev–Trinajstić information content (AvgIpc) is 2.35. The minimum atomic E-state index is -0.252. The molecule has 0 saturated heterocycles. The number of Topliss-reactive ketones (excluding diaryl/α,β-unsaturated/α-hetero) is 1. The van der Waals surface area contributed by atoms with Gasteiger partial charge in [-0.1, -0.05) is 36.9 Å². The van der Waals surface area contributed by atoms with Crippen LogP contribution in [0.1, 0.15) is 10.4 Å². The van der Waals surface area contributed by atoms with Gasteiger partial charge in [-0.2, -0.15) is 0 Å². The number of benzene rings is 2. The Morgan fingerprint density at radius 1 is 1.00 bits per heavy atom. The maximum atomic E-state index is 12.1. The van der Waals surface area contributed by atoms with Crippen LogP contribution < -0.4 is 0 Å². The van der Waals surface area contributed by atoms with Crippen molar-refractivity contribution in [2.75, 3.05) is 0 Å². The summed E-state index contributed by atoms with van der Waals surface area (Å²) in [5, 5.41) is 1.64. The number of fused-ring (bicyclic) bond motifs is 3. The predicted molar refractivity (Wildman–Crippen MR) is 68.3 cm³/mol. The van der Waals surface area contributed by atoms with Crippen LogP contribution in [0.4, 0.5) is 0 Å². The maximum Gasteiger partial charge on any atom is 0.227 e. The van der Waals surface area contributed by atoms with E-state index < -0.39 is 0 Å². The molecule has 3 heteroatoms. The molecule has 0 bridgehead atoms. The van der Waals surface area contributed by atoms with Crippen molar-refractivity contribution >= 4 is 33.4 Å². The van der Waals surface area contributed by atoms with Crippen molar-refractivity contribution in [1.82, 2.24) is 0 Å². The second-order valence-electron chi connectivity index (χ2n) is 3.86.